The second-order valence-corrected chi connectivity index (χ2v) is 5.67. The molecule has 0 fully saturated rings. The molecule has 0 heterocycles. The van der Waals surface area contributed by atoms with Crippen LogP contribution in [0.25, 0.3) is 0 Å². The van der Waals surface area contributed by atoms with Gasteiger partial charge in [0, 0.05) is 13.2 Å². The third-order valence-corrected chi connectivity index (χ3v) is 3.69. The van der Waals surface area contributed by atoms with Crippen molar-refractivity contribution in [3.8, 4) is 5.75 Å². The van der Waals surface area contributed by atoms with Gasteiger partial charge in [-0.2, -0.15) is 0 Å². The van der Waals surface area contributed by atoms with Crippen LogP contribution >= 0.6 is 15.9 Å². The lowest BCUT2D eigenvalue weighted by Crippen LogP contribution is -2.19. The third kappa shape index (κ3) is 7.27. The summed E-state index contributed by atoms with van der Waals surface area (Å²) in [4.78, 5) is 0. The molecule has 1 atom stereocenters. The fourth-order valence-corrected chi connectivity index (χ4v) is 2.35. The van der Waals surface area contributed by atoms with E-state index in [0.29, 0.717) is 32.5 Å². The zero-order valence-electron chi connectivity index (χ0n) is 13.2. The molecule has 4 nitrogen and oxygen atoms in total. The number of hydrogen-bond acceptors (Lipinski definition) is 4. The largest absolute Gasteiger partial charge is 0.490 e. The maximum absolute atomic E-state index is 5.70. The molecule has 0 saturated heterocycles. The SMILES string of the molecule is CCCNC(C)c1ccc(OCCOCCOC)c(Br)c1. The van der Waals surface area contributed by atoms with Gasteiger partial charge in [-0.3, -0.25) is 0 Å². The van der Waals surface area contributed by atoms with Crippen LogP contribution in [0.4, 0.5) is 0 Å². The first-order chi connectivity index (χ1) is 10.2. The Bertz CT molecular complexity index is 401. The maximum atomic E-state index is 5.70. The Morgan fingerprint density at radius 3 is 2.62 bits per heavy atom. The van der Waals surface area contributed by atoms with Gasteiger partial charge in [-0.05, 0) is 53.5 Å². The number of benzene rings is 1. The van der Waals surface area contributed by atoms with Crippen molar-refractivity contribution in [1.82, 2.24) is 5.32 Å². The summed E-state index contributed by atoms with van der Waals surface area (Å²) in [7, 11) is 1.66. The second kappa shape index (κ2) is 11.0. The van der Waals surface area contributed by atoms with Crippen LogP contribution in [0.1, 0.15) is 31.9 Å². The van der Waals surface area contributed by atoms with Gasteiger partial charge in [0.25, 0.3) is 0 Å². The molecule has 1 unspecified atom stereocenters. The van der Waals surface area contributed by atoms with E-state index in [1.165, 1.54) is 5.56 Å². The van der Waals surface area contributed by atoms with Gasteiger partial charge >= 0.3 is 0 Å². The molecule has 120 valence electrons. The molecule has 0 spiro atoms. The highest BCUT2D eigenvalue weighted by atomic mass is 79.9. The van der Waals surface area contributed by atoms with Crippen molar-refractivity contribution in [3.63, 3.8) is 0 Å². The van der Waals surface area contributed by atoms with Crippen LogP contribution in [0.15, 0.2) is 22.7 Å². The van der Waals surface area contributed by atoms with Gasteiger partial charge < -0.3 is 19.5 Å². The number of ether oxygens (including phenoxy) is 3. The molecule has 5 heteroatoms. The minimum absolute atomic E-state index is 0.340. The normalized spacial score (nSPS) is 12.4. The first-order valence-corrected chi connectivity index (χ1v) is 8.20. The number of halogens is 1. The Morgan fingerprint density at radius 1 is 1.19 bits per heavy atom. The van der Waals surface area contributed by atoms with Crippen LogP contribution in [0.5, 0.6) is 5.75 Å². The zero-order chi connectivity index (χ0) is 15.5. The van der Waals surface area contributed by atoms with E-state index in [4.69, 9.17) is 14.2 Å². The van der Waals surface area contributed by atoms with E-state index in [2.05, 4.69) is 47.2 Å². The minimum atomic E-state index is 0.340. The average molecular weight is 360 g/mol. The molecule has 21 heavy (non-hydrogen) atoms. The summed E-state index contributed by atoms with van der Waals surface area (Å²) >= 11 is 3.56. The molecule has 0 aliphatic heterocycles. The third-order valence-electron chi connectivity index (χ3n) is 3.07. The average Bonchev–Trinajstić information content (AvgIpc) is 2.49. The fraction of sp³-hybridized carbons (Fsp3) is 0.625. The van der Waals surface area contributed by atoms with Crippen molar-refractivity contribution < 1.29 is 14.2 Å². The quantitative estimate of drug-likeness (QED) is 0.613. The molecule has 1 aromatic rings. The van der Waals surface area contributed by atoms with Gasteiger partial charge in [0.05, 0.1) is 24.3 Å². The van der Waals surface area contributed by atoms with Crippen molar-refractivity contribution in [3.05, 3.63) is 28.2 Å². The monoisotopic (exact) mass is 359 g/mol. The Balaban J connectivity index is 2.39. The van der Waals surface area contributed by atoms with Crippen LogP contribution in [0, 0.1) is 0 Å². The molecule has 0 bridgehead atoms. The highest BCUT2D eigenvalue weighted by Crippen LogP contribution is 2.28. The first-order valence-electron chi connectivity index (χ1n) is 7.41. The van der Waals surface area contributed by atoms with Crippen molar-refractivity contribution in [2.75, 3.05) is 40.1 Å². The predicted molar refractivity (Wildman–Crippen MR) is 89.0 cm³/mol. The Morgan fingerprint density at radius 2 is 1.95 bits per heavy atom. The van der Waals surface area contributed by atoms with Crippen LogP contribution in [-0.2, 0) is 9.47 Å². The van der Waals surface area contributed by atoms with Crippen LogP contribution in [0.3, 0.4) is 0 Å². The van der Waals surface area contributed by atoms with Crippen LogP contribution < -0.4 is 10.1 Å². The lowest BCUT2D eigenvalue weighted by atomic mass is 10.1. The molecule has 1 N–H and O–H groups in total. The molecule has 0 aliphatic rings. The van der Waals surface area contributed by atoms with Crippen molar-refractivity contribution >= 4 is 15.9 Å². The van der Waals surface area contributed by atoms with Crippen molar-refractivity contribution in [2.24, 2.45) is 0 Å². The molecular weight excluding hydrogens is 334 g/mol. The second-order valence-electron chi connectivity index (χ2n) is 4.82. The number of rotatable bonds is 11. The van der Waals surface area contributed by atoms with Crippen LogP contribution in [0.2, 0.25) is 0 Å². The van der Waals surface area contributed by atoms with E-state index in [1.807, 2.05) is 6.07 Å². The minimum Gasteiger partial charge on any atom is -0.490 e. The van der Waals surface area contributed by atoms with E-state index in [0.717, 1.165) is 23.2 Å². The number of methoxy groups -OCH3 is 1. The van der Waals surface area contributed by atoms with Gasteiger partial charge in [-0.1, -0.05) is 13.0 Å². The van der Waals surface area contributed by atoms with Gasteiger partial charge in [0.2, 0.25) is 0 Å². The Labute approximate surface area is 136 Å². The van der Waals surface area contributed by atoms with E-state index in [-0.39, 0.29) is 0 Å². The molecule has 0 aromatic heterocycles. The molecule has 1 rings (SSSR count). The van der Waals surface area contributed by atoms with Gasteiger partial charge in [0.15, 0.2) is 0 Å². The van der Waals surface area contributed by atoms with Gasteiger partial charge in [-0.15, -0.1) is 0 Å². The zero-order valence-corrected chi connectivity index (χ0v) is 14.7. The van der Waals surface area contributed by atoms with E-state index in [1.54, 1.807) is 7.11 Å². The van der Waals surface area contributed by atoms with Crippen LogP contribution in [-0.4, -0.2) is 40.1 Å². The highest BCUT2D eigenvalue weighted by Gasteiger charge is 2.08. The lowest BCUT2D eigenvalue weighted by molar-refractivity contribution is 0.0543. The standard InChI is InChI=1S/C16H26BrNO3/c1-4-7-18-13(2)14-5-6-16(15(17)12-14)21-11-10-20-9-8-19-3/h5-6,12-13,18H,4,7-11H2,1-3H3. The first kappa shape index (κ1) is 18.4. The fourth-order valence-electron chi connectivity index (χ4n) is 1.84. The van der Waals surface area contributed by atoms with Crippen molar-refractivity contribution in [1.29, 1.82) is 0 Å². The molecule has 1 aromatic carbocycles. The number of hydrogen-bond donors (Lipinski definition) is 1. The summed E-state index contributed by atoms with van der Waals surface area (Å²) in [6, 6.07) is 6.54. The van der Waals surface area contributed by atoms with E-state index in [9.17, 15) is 0 Å². The maximum Gasteiger partial charge on any atom is 0.133 e. The summed E-state index contributed by atoms with van der Waals surface area (Å²) in [5.74, 6) is 0.844. The Kier molecular flexibility index (Phi) is 9.67. The summed E-state index contributed by atoms with van der Waals surface area (Å²) in [5.41, 5.74) is 1.25. The molecule has 0 saturated carbocycles. The summed E-state index contributed by atoms with van der Waals surface area (Å²) in [5, 5.41) is 3.47. The molecule has 0 aliphatic carbocycles. The summed E-state index contributed by atoms with van der Waals surface area (Å²) < 4.78 is 17.0. The number of nitrogens with one attached hydrogen (secondary N) is 1. The highest BCUT2D eigenvalue weighted by molar-refractivity contribution is 9.10. The molecule has 0 amide bonds. The predicted octanol–water partition coefficient (Wildman–Crippen LogP) is 3.55. The van der Waals surface area contributed by atoms with Gasteiger partial charge in [0.1, 0.15) is 12.4 Å². The summed E-state index contributed by atoms with van der Waals surface area (Å²) in [6.07, 6.45) is 1.13. The Hall–Kier alpha value is -0.620. The smallest absolute Gasteiger partial charge is 0.133 e. The topological polar surface area (TPSA) is 39.7 Å². The summed E-state index contributed by atoms with van der Waals surface area (Å²) in [6.45, 7) is 7.66. The van der Waals surface area contributed by atoms with E-state index >= 15 is 0 Å². The lowest BCUT2D eigenvalue weighted by Gasteiger charge is -2.15. The molecular formula is C16H26BrNO3. The van der Waals surface area contributed by atoms with Gasteiger partial charge in [-0.25, -0.2) is 0 Å². The van der Waals surface area contributed by atoms with Crippen molar-refractivity contribution in [2.45, 2.75) is 26.3 Å². The molecule has 0 radical (unpaired) electrons. The van der Waals surface area contributed by atoms with E-state index < -0.39 is 0 Å².